The predicted octanol–water partition coefficient (Wildman–Crippen LogP) is 3.15. The molecule has 0 aliphatic heterocycles. The number of aliphatic hydroxyl groups excluding tert-OH is 1. The summed E-state index contributed by atoms with van der Waals surface area (Å²) in [6.45, 7) is 5.28. The Balaban J connectivity index is 1.38. The summed E-state index contributed by atoms with van der Waals surface area (Å²) in [5.41, 5.74) is 1.18. The second-order valence-corrected chi connectivity index (χ2v) is 7.32. The van der Waals surface area contributed by atoms with Crippen molar-refractivity contribution < 1.29 is 9.84 Å². The van der Waals surface area contributed by atoms with Crippen molar-refractivity contribution in [1.82, 2.24) is 5.32 Å². The molecule has 1 aromatic carbocycles. The van der Waals surface area contributed by atoms with Crippen LogP contribution in [0.3, 0.4) is 0 Å². The molecule has 0 amide bonds. The zero-order chi connectivity index (χ0) is 15.5. The van der Waals surface area contributed by atoms with Crippen LogP contribution >= 0.6 is 0 Å². The number of ether oxygens (including phenoxy) is 1. The van der Waals surface area contributed by atoms with Crippen LogP contribution in [0.25, 0.3) is 0 Å². The van der Waals surface area contributed by atoms with Crippen molar-refractivity contribution in [2.24, 2.45) is 17.8 Å². The number of hydrogen-bond donors (Lipinski definition) is 2. The van der Waals surface area contributed by atoms with E-state index in [4.69, 9.17) is 4.74 Å². The van der Waals surface area contributed by atoms with Crippen LogP contribution < -0.4 is 10.1 Å². The Morgan fingerprint density at radius 2 is 2.18 bits per heavy atom. The van der Waals surface area contributed by atoms with Gasteiger partial charge < -0.3 is 15.2 Å². The van der Waals surface area contributed by atoms with Crippen LogP contribution in [0.5, 0.6) is 5.75 Å². The second-order valence-electron chi connectivity index (χ2n) is 7.32. The fourth-order valence-corrected chi connectivity index (χ4v) is 4.34. The maximum atomic E-state index is 10.1. The summed E-state index contributed by atoms with van der Waals surface area (Å²) in [6.07, 6.45) is 5.23. The molecule has 3 rings (SSSR count). The van der Waals surface area contributed by atoms with Gasteiger partial charge in [-0.2, -0.15) is 0 Å². The molecule has 122 valence electrons. The molecular weight excluding hydrogens is 274 g/mol. The highest BCUT2D eigenvalue weighted by molar-refractivity contribution is 5.27. The highest BCUT2D eigenvalue weighted by atomic mass is 16.5. The first-order valence-corrected chi connectivity index (χ1v) is 8.72. The lowest BCUT2D eigenvalue weighted by Crippen LogP contribution is -2.41. The Morgan fingerprint density at radius 3 is 2.86 bits per heavy atom. The molecule has 5 atom stereocenters. The lowest BCUT2D eigenvalue weighted by molar-refractivity contribution is 0.0993. The summed E-state index contributed by atoms with van der Waals surface area (Å²) in [5, 5.41) is 13.6. The van der Waals surface area contributed by atoms with Gasteiger partial charge in [0.05, 0.1) is 0 Å². The van der Waals surface area contributed by atoms with Gasteiger partial charge in [-0.25, -0.2) is 0 Å². The standard InChI is InChI=1S/C19H29NO2/c1-13-4-3-5-18(8-13)22-12-17(21)11-20-14(2)19-10-15-6-7-16(19)9-15/h3-5,8,14-17,19-21H,6-7,9-12H2,1-2H3/t14-,15-,16-,17+,19-/m0/s1. The zero-order valence-corrected chi connectivity index (χ0v) is 13.8. The molecule has 3 nitrogen and oxygen atoms in total. The highest BCUT2D eigenvalue weighted by Crippen LogP contribution is 2.49. The van der Waals surface area contributed by atoms with Crippen molar-refractivity contribution in [1.29, 1.82) is 0 Å². The minimum absolute atomic E-state index is 0.347. The van der Waals surface area contributed by atoms with Crippen LogP contribution in [0.4, 0.5) is 0 Å². The Hall–Kier alpha value is -1.06. The first-order chi connectivity index (χ1) is 10.6. The quantitative estimate of drug-likeness (QED) is 0.813. The maximum Gasteiger partial charge on any atom is 0.119 e. The first-order valence-electron chi connectivity index (χ1n) is 8.72. The number of fused-ring (bicyclic) bond motifs is 2. The van der Waals surface area contributed by atoms with Crippen LogP contribution in [0.15, 0.2) is 24.3 Å². The Labute approximate surface area is 134 Å². The van der Waals surface area contributed by atoms with Crippen molar-refractivity contribution in [3.63, 3.8) is 0 Å². The van der Waals surface area contributed by atoms with Gasteiger partial charge in [0.25, 0.3) is 0 Å². The Bertz CT molecular complexity index is 490. The fourth-order valence-electron chi connectivity index (χ4n) is 4.34. The molecule has 2 fully saturated rings. The zero-order valence-electron chi connectivity index (χ0n) is 13.8. The van der Waals surface area contributed by atoms with Gasteiger partial charge in [-0.05, 0) is 68.6 Å². The number of aryl methyl sites for hydroxylation is 1. The van der Waals surface area contributed by atoms with Gasteiger partial charge in [0.15, 0.2) is 0 Å². The van der Waals surface area contributed by atoms with Crippen molar-refractivity contribution in [2.45, 2.75) is 51.7 Å². The van der Waals surface area contributed by atoms with E-state index in [1.54, 1.807) is 0 Å². The van der Waals surface area contributed by atoms with Gasteiger partial charge in [-0.1, -0.05) is 18.6 Å². The van der Waals surface area contributed by atoms with Crippen molar-refractivity contribution >= 4 is 0 Å². The summed E-state index contributed by atoms with van der Waals surface area (Å²) in [4.78, 5) is 0. The van der Waals surface area contributed by atoms with E-state index in [1.165, 1.54) is 31.2 Å². The average molecular weight is 303 g/mol. The molecule has 0 saturated heterocycles. The lowest BCUT2D eigenvalue weighted by atomic mass is 9.84. The van der Waals surface area contributed by atoms with Crippen molar-refractivity contribution in [3.8, 4) is 5.75 Å². The van der Waals surface area contributed by atoms with Crippen LogP contribution in [0.1, 0.15) is 38.2 Å². The molecule has 3 heteroatoms. The van der Waals surface area contributed by atoms with E-state index in [9.17, 15) is 5.11 Å². The molecule has 0 unspecified atom stereocenters. The third-order valence-corrected chi connectivity index (χ3v) is 5.54. The smallest absolute Gasteiger partial charge is 0.119 e. The minimum Gasteiger partial charge on any atom is -0.491 e. The lowest BCUT2D eigenvalue weighted by Gasteiger charge is -2.29. The molecule has 22 heavy (non-hydrogen) atoms. The van der Waals surface area contributed by atoms with E-state index >= 15 is 0 Å². The molecule has 2 aliphatic rings. The predicted molar refractivity (Wildman–Crippen MR) is 89.1 cm³/mol. The van der Waals surface area contributed by atoms with Gasteiger partial charge in [0.1, 0.15) is 18.5 Å². The van der Waals surface area contributed by atoms with Crippen LogP contribution in [0, 0.1) is 24.7 Å². The third kappa shape index (κ3) is 3.82. The Kier molecular flexibility index (Phi) is 5.04. The number of nitrogens with one attached hydrogen (secondary N) is 1. The van der Waals surface area contributed by atoms with E-state index in [0.29, 0.717) is 19.2 Å². The first kappa shape index (κ1) is 15.8. The van der Waals surface area contributed by atoms with Crippen LogP contribution in [-0.2, 0) is 0 Å². The van der Waals surface area contributed by atoms with Crippen LogP contribution in [0.2, 0.25) is 0 Å². The highest BCUT2D eigenvalue weighted by Gasteiger charge is 2.41. The molecule has 1 aromatic rings. The van der Waals surface area contributed by atoms with E-state index < -0.39 is 6.10 Å². The molecule has 2 bridgehead atoms. The molecular formula is C19H29NO2. The number of rotatable bonds is 7. The average Bonchev–Trinajstić information content (AvgIpc) is 3.13. The summed E-state index contributed by atoms with van der Waals surface area (Å²) < 4.78 is 5.67. The van der Waals surface area contributed by atoms with Crippen LogP contribution in [-0.4, -0.2) is 30.4 Å². The van der Waals surface area contributed by atoms with Gasteiger partial charge in [-0.3, -0.25) is 0 Å². The third-order valence-electron chi connectivity index (χ3n) is 5.54. The van der Waals surface area contributed by atoms with Gasteiger partial charge >= 0.3 is 0 Å². The molecule has 2 saturated carbocycles. The normalized spacial score (nSPS) is 29.5. The van der Waals surface area contributed by atoms with Gasteiger partial charge in [0.2, 0.25) is 0 Å². The molecule has 2 N–H and O–H groups in total. The molecule has 0 aromatic heterocycles. The SMILES string of the molecule is Cc1cccc(OC[C@H](O)CN[C@@H](C)[C@@H]2C[C@H]3CC[C@H]2C3)c1. The number of hydrogen-bond acceptors (Lipinski definition) is 3. The second kappa shape index (κ2) is 7.01. The van der Waals surface area contributed by atoms with E-state index in [2.05, 4.69) is 12.2 Å². The fraction of sp³-hybridized carbons (Fsp3) is 0.684. The van der Waals surface area contributed by atoms with E-state index in [1.807, 2.05) is 31.2 Å². The molecule has 0 radical (unpaired) electrons. The number of benzene rings is 1. The summed E-state index contributed by atoms with van der Waals surface area (Å²) in [7, 11) is 0. The molecule has 0 spiro atoms. The molecule has 0 heterocycles. The summed E-state index contributed by atoms with van der Waals surface area (Å²) in [5.74, 6) is 3.55. The summed E-state index contributed by atoms with van der Waals surface area (Å²) in [6, 6.07) is 8.46. The summed E-state index contributed by atoms with van der Waals surface area (Å²) >= 11 is 0. The Morgan fingerprint density at radius 1 is 1.32 bits per heavy atom. The monoisotopic (exact) mass is 303 g/mol. The topological polar surface area (TPSA) is 41.5 Å². The molecule has 2 aliphatic carbocycles. The van der Waals surface area contributed by atoms with Gasteiger partial charge in [-0.15, -0.1) is 0 Å². The maximum absolute atomic E-state index is 10.1. The van der Waals surface area contributed by atoms with Gasteiger partial charge in [0, 0.05) is 12.6 Å². The number of aliphatic hydroxyl groups is 1. The van der Waals surface area contributed by atoms with Crippen molar-refractivity contribution in [3.05, 3.63) is 29.8 Å². The van der Waals surface area contributed by atoms with E-state index in [-0.39, 0.29) is 0 Å². The van der Waals surface area contributed by atoms with Crippen molar-refractivity contribution in [2.75, 3.05) is 13.2 Å². The van der Waals surface area contributed by atoms with E-state index in [0.717, 1.165) is 23.5 Å². The largest absolute Gasteiger partial charge is 0.491 e. The minimum atomic E-state index is -0.457.